The monoisotopic (exact) mass is 406 g/mol. The first-order valence-electron chi connectivity index (χ1n) is 10.6. The fourth-order valence-electron chi connectivity index (χ4n) is 4.70. The molecule has 4 bridgehead atoms. The summed E-state index contributed by atoms with van der Waals surface area (Å²) in [4.78, 5) is 24.3. The van der Waals surface area contributed by atoms with Gasteiger partial charge in [-0.25, -0.2) is 0 Å². The van der Waals surface area contributed by atoms with Gasteiger partial charge in [0.15, 0.2) is 0 Å². The second-order valence-corrected chi connectivity index (χ2v) is 9.37. The molecule has 6 nitrogen and oxygen atoms in total. The maximum atomic E-state index is 12.8. The summed E-state index contributed by atoms with van der Waals surface area (Å²) in [5.74, 6) is 0.488. The van der Waals surface area contributed by atoms with Gasteiger partial charge in [-0.3, -0.25) is 9.59 Å². The van der Waals surface area contributed by atoms with Gasteiger partial charge in [0.1, 0.15) is 18.3 Å². The smallest absolute Gasteiger partial charge is 0.309 e. The Morgan fingerprint density at radius 1 is 1.24 bits per heavy atom. The first-order chi connectivity index (χ1) is 13.6. The van der Waals surface area contributed by atoms with E-state index in [9.17, 15) is 9.59 Å². The summed E-state index contributed by atoms with van der Waals surface area (Å²) in [5.41, 5.74) is -0.410. The zero-order valence-electron chi connectivity index (χ0n) is 18.2. The number of carbonyl (C=O) groups excluding carboxylic acids is 2. The molecule has 0 aromatic carbocycles. The first-order valence-corrected chi connectivity index (χ1v) is 10.6. The van der Waals surface area contributed by atoms with Crippen LogP contribution in [0, 0.1) is 17.3 Å². The number of carbonyl (C=O) groups is 2. The minimum Gasteiger partial charge on any atom is -0.494 e. The molecular weight excluding hydrogens is 372 g/mol. The van der Waals surface area contributed by atoms with Gasteiger partial charge in [-0.05, 0) is 18.4 Å². The molecule has 3 rings (SSSR count). The minimum atomic E-state index is -0.468. The first kappa shape index (κ1) is 21.9. The molecule has 2 fully saturated rings. The second kappa shape index (κ2) is 8.50. The van der Waals surface area contributed by atoms with Crippen LogP contribution >= 0.6 is 0 Å². The van der Waals surface area contributed by atoms with Crippen LogP contribution in [0.25, 0.3) is 0 Å². The van der Waals surface area contributed by atoms with E-state index in [4.69, 9.17) is 18.9 Å². The quantitative estimate of drug-likeness (QED) is 0.511. The van der Waals surface area contributed by atoms with Gasteiger partial charge in [-0.15, -0.1) is 0 Å². The van der Waals surface area contributed by atoms with Gasteiger partial charge in [0, 0.05) is 31.1 Å². The molecule has 0 spiro atoms. The topological polar surface area (TPSA) is 71.1 Å². The third kappa shape index (κ3) is 4.85. The standard InChI is InChI=1S/C23H34O6/c1-7-20-23(5,6)21-9-13(2)8-16(28-21)10-17-11-18(26-15(4)24)14(3)19(27-17)12-22(25)29-20/h7-8,13-14,17-21H,1,9-12H2,2-6H3/t13-,14+,17+,18-,19-,20+,21+/m0/s1. The number of hydrogen-bond acceptors (Lipinski definition) is 6. The lowest BCUT2D eigenvalue weighted by Gasteiger charge is -2.45. The minimum absolute atomic E-state index is 0.102. The average Bonchev–Trinajstić information content (AvgIpc) is 2.61. The molecule has 6 heteroatoms. The molecule has 0 aliphatic carbocycles. The van der Waals surface area contributed by atoms with E-state index in [-0.39, 0.29) is 48.7 Å². The van der Waals surface area contributed by atoms with Gasteiger partial charge < -0.3 is 18.9 Å². The van der Waals surface area contributed by atoms with Crippen LogP contribution < -0.4 is 0 Å². The second-order valence-electron chi connectivity index (χ2n) is 9.37. The lowest BCUT2D eigenvalue weighted by molar-refractivity contribution is -0.185. The maximum Gasteiger partial charge on any atom is 0.309 e. The molecule has 3 aliphatic heterocycles. The zero-order chi connectivity index (χ0) is 21.3. The fraction of sp³-hybridized carbons (Fsp3) is 0.739. The number of hydrogen-bond donors (Lipinski definition) is 0. The van der Waals surface area contributed by atoms with Crippen molar-refractivity contribution in [2.75, 3.05) is 0 Å². The van der Waals surface area contributed by atoms with E-state index in [2.05, 4.69) is 33.4 Å². The molecule has 0 aromatic heterocycles. The highest BCUT2D eigenvalue weighted by atomic mass is 16.6. The number of fused-ring (bicyclic) bond motifs is 4. The predicted octanol–water partition coefficient (Wildman–Crippen LogP) is 3.94. The van der Waals surface area contributed by atoms with Crippen molar-refractivity contribution in [2.45, 2.75) is 90.8 Å². The van der Waals surface area contributed by atoms with Crippen LogP contribution in [0.4, 0.5) is 0 Å². The maximum absolute atomic E-state index is 12.8. The van der Waals surface area contributed by atoms with Crippen LogP contribution in [-0.2, 0) is 28.5 Å². The fourth-order valence-corrected chi connectivity index (χ4v) is 4.70. The number of cyclic esters (lactones) is 1. The van der Waals surface area contributed by atoms with E-state index in [1.165, 1.54) is 6.92 Å². The Morgan fingerprint density at radius 2 is 1.97 bits per heavy atom. The number of rotatable bonds is 2. The van der Waals surface area contributed by atoms with Crippen molar-refractivity contribution < 1.29 is 28.5 Å². The summed E-state index contributed by atoms with van der Waals surface area (Å²) < 4.78 is 24.0. The molecule has 0 saturated carbocycles. The van der Waals surface area contributed by atoms with Crippen molar-refractivity contribution in [3.63, 3.8) is 0 Å². The molecule has 2 saturated heterocycles. The molecular formula is C23H34O6. The Kier molecular flexibility index (Phi) is 6.42. The van der Waals surface area contributed by atoms with Crippen molar-refractivity contribution in [3.05, 3.63) is 24.5 Å². The van der Waals surface area contributed by atoms with Crippen LogP contribution in [0.5, 0.6) is 0 Å². The van der Waals surface area contributed by atoms with E-state index < -0.39 is 11.5 Å². The molecule has 0 unspecified atom stereocenters. The summed E-state index contributed by atoms with van der Waals surface area (Å²) in [5, 5.41) is 0. The molecule has 0 amide bonds. The lowest BCUT2D eigenvalue weighted by atomic mass is 9.75. The van der Waals surface area contributed by atoms with Crippen molar-refractivity contribution in [1.29, 1.82) is 0 Å². The SMILES string of the molecule is C=C[C@H]1OC(=O)C[C@@H]2O[C@H](CC3=C[C@H](C)C[C@@H](O3)C1(C)C)C[C@H](OC(C)=O)[C@H]2C. The average molecular weight is 407 g/mol. The molecule has 29 heavy (non-hydrogen) atoms. The van der Waals surface area contributed by atoms with Crippen molar-refractivity contribution >= 4 is 11.9 Å². The lowest BCUT2D eigenvalue weighted by Crippen LogP contribution is -2.49. The summed E-state index contributed by atoms with van der Waals surface area (Å²) >= 11 is 0. The summed E-state index contributed by atoms with van der Waals surface area (Å²) in [7, 11) is 0. The van der Waals surface area contributed by atoms with Crippen molar-refractivity contribution in [2.24, 2.45) is 17.3 Å². The molecule has 162 valence electrons. The van der Waals surface area contributed by atoms with Gasteiger partial charge in [-0.2, -0.15) is 0 Å². The largest absolute Gasteiger partial charge is 0.494 e. The number of esters is 2. The zero-order valence-corrected chi connectivity index (χ0v) is 18.2. The van der Waals surface area contributed by atoms with Crippen molar-refractivity contribution in [1.82, 2.24) is 0 Å². The van der Waals surface area contributed by atoms with Crippen LogP contribution in [-0.4, -0.2) is 42.5 Å². The summed E-state index contributed by atoms with van der Waals surface area (Å²) in [6.07, 6.45) is 4.58. The molecule has 3 heterocycles. The van der Waals surface area contributed by atoms with Crippen LogP contribution in [0.3, 0.4) is 0 Å². The van der Waals surface area contributed by atoms with Gasteiger partial charge in [-0.1, -0.05) is 40.3 Å². The van der Waals surface area contributed by atoms with E-state index in [0.29, 0.717) is 18.8 Å². The third-order valence-electron chi connectivity index (χ3n) is 6.53. The highest BCUT2D eigenvalue weighted by Crippen LogP contribution is 2.41. The molecule has 0 aromatic rings. The Balaban J connectivity index is 1.93. The molecule has 3 aliphatic rings. The Labute approximate surface area is 173 Å². The van der Waals surface area contributed by atoms with Gasteiger partial charge in [0.25, 0.3) is 0 Å². The normalized spacial score (nSPS) is 39.6. The Hall–Kier alpha value is -1.82. The highest BCUT2D eigenvalue weighted by Gasteiger charge is 2.45. The number of ether oxygens (including phenoxy) is 4. The van der Waals surface area contributed by atoms with Gasteiger partial charge in [0.05, 0.1) is 24.4 Å². The number of allylic oxidation sites excluding steroid dienone is 1. The van der Waals surface area contributed by atoms with Gasteiger partial charge in [0.2, 0.25) is 0 Å². The Morgan fingerprint density at radius 3 is 2.62 bits per heavy atom. The van der Waals surface area contributed by atoms with E-state index in [1.54, 1.807) is 6.08 Å². The van der Waals surface area contributed by atoms with Crippen LogP contribution in [0.2, 0.25) is 0 Å². The van der Waals surface area contributed by atoms with E-state index >= 15 is 0 Å². The highest BCUT2D eigenvalue weighted by molar-refractivity contribution is 5.70. The van der Waals surface area contributed by atoms with Crippen LogP contribution in [0.15, 0.2) is 24.5 Å². The van der Waals surface area contributed by atoms with Gasteiger partial charge >= 0.3 is 11.9 Å². The Bertz CT molecular complexity index is 681. The molecule has 0 N–H and O–H groups in total. The van der Waals surface area contributed by atoms with Crippen molar-refractivity contribution in [3.8, 4) is 0 Å². The summed E-state index contributed by atoms with van der Waals surface area (Å²) in [6, 6.07) is 0. The van der Waals surface area contributed by atoms with E-state index in [1.807, 2.05) is 6.92 Å². The molecule has 7 atom stereocenters. The van der Waals surface area contributed by atoms with Crippen LogP contribution in [0.1, 0.15) is 60.3 Å². The van der Waals surface area contributed by atoms with E-state index in [0.717, 1.165) is 12.2 Å². The third-order valence-corrected chi connectivity index (χ3v) is 6.53. The summed E-state index contributed by atoms with van der Waals surface area (Å²) in [6.45, 7) is 13.6. The molecule has 0 radical (unpaired) electrons. The predicted molar refractivity (Wildman–Crippen MR) is 108 cm³/mol.